The van der Waals surface area contributed by atoms with Crippen LogP contribution in [0.4, 0.5) is 4.39 Å². The molecule has 15 heavy (non-hydrogen) atoms. The van der Waals surface area contributed by atoms with Crippen molar-refractivity contribution >= 4 is 11.8 Å². The van der Waals surface area contributed by atoms with Crippen LogP contribution in [-0.2, 0) is 9.59 Å². The maximum atomic E-state index is 12.2. The van der Waals surface area contributed by atoms with Gasteiger partial charge in [0.25, 0.3) is 0 Å². The second-order valence-electron chi connectivity index (χ2n) is 3.88. The molecule has 1 N–H and O–H groups in total. The average Bonchev–Trinajstić information content (AvgIpc) is 2.22. The summed E-state index contributed by atoms with van der Waals surface area (Å²) in [5.41, 5.74) is 0. The number of carbonyl (C=O) groups excluding carboxylic acids is 2. The van der Waals surface area contributed by atoms with Gasteiger partial charge in [0.1, 0.15) is 12.7 Å². The molecule has 0 aliphatic carbocycles. The van der Waals surface area contributed by atoms with Crippen LogP contribution < -0.4 is 5.32 Å². The molecular formula is C10H17FN2O2. The Hall–Kier alpha value is -1.13. The maximum absolute atomic E-state index is 12.2. The number of nitrogens with zero attached hydrogens (tertiary/aromatic N) is 1. The zero-order valence-electron chi connectivity index (χ0n) is 9.12. The first-order valence-electron chi connectivity index (χ1n) is 5.24. The lowest BCUT2D eigenvalue weighted by Crippen LogP contribution is -2.60. The summed E-state index contributed by atoms with van der Waals surface area (Å²) in [5, 5.41) is 2.65. The molecule has 0 aromatic heterocycles. The van der Waals surface area contributed by atoms with Gasteiger partial charge in [0.15, 0.2) is 0 Å². The summed E-state index contributed by atoms with van der Waals surface area (Å²) in [7, 11) is 0. The summed E-state index contributed by atoms with van der Waals surface area (Å²) in [6.07, 6.45) is 0.806. The fourth-order valence-corrected chi connectivity index (χ4v) is 1.64. The van der Waals surface area contributed by atoms with E-state index < -0.39 is 12.7 Å². The first-order chi connectivity index (χ1) is 7.10. The van der Waals surface area contributed by atoms with Crippen LogP contribution in [0.2, 0.25) is 0 Å². The van der Waals surface area contributed by atoms with Gasteiger partial charge in [-0.05, 0) is 5.92 Å². The Bertz CT molecular complexity index is 258. The summed E-state index contributed by atoms with van der Waals surface area (Å²) < 4.78 is 12.2. The number of halogens is 1. The summed E-state index contributed by atoms with van der Waals surface area (Å²) in [4.78, 5) is 24.4. The molecular weight excluding hydrogens is 199 g/mol. The van der Waals surface area contributed by atoms with Gasteiger partial charge < -0.3 is 10.2 Å². The summed E-state index contributed by atoms with van der Waals surface area (Å²) in [6, 6.07) is -0.484. The first-order valence-corrected chi connectivity index (χ1v) is 5.24. The van der Waals surface area contributed by atoms with E-state index in [0.29, 0.717) is 0 Å². The van der Waals surface area contributed by atoms with Gasteiger partial charge in [0, 0.05) is 6.54 Å². The zero-order valence-corrected chi connectivity index (χ0v) is 9.12. The number of piperazine rings is 1. The van der Waals surface area contributed by atoms with Gasteiger partial charge >= 0.3 is 0 Å². The normalized spacial score (nSPS) is 23.9. The summed E-state index contributed by atoms with van der Waals surface area (Å²) in [5.74, 6) is -0.279. The second-order valence-corrected chi connectivity index (χ2v) is 3.88. The van der Waals surface area contributed by atoms with E-state index in [1.807, 2.05) is 13.8 Å². The van der Waals surface area contributed by atoms with Crippen LogP contribution in [-0.4, -0.2) is 42.5 Å². The SMILES string of the molecule is CCC(C)C1NC(=O)CN(CCF)C1=O. The first kappa shape index (κ1) is 11.9. The number of rotatable bonds is 4. The van der Waals surface area contributed by atoms with Gasteiger partial charge in [-0.25, -0.2) is 4.39 Å². The molecule has 0 aromatic carbocycles. The molecule has 0 bridgehead atoms. The molecule has 1 fully saturated rings. The van der Waals surface area contributed by atoms with Crippen molar-refractivity contribution in [2.45, 2.75) is 26.3 Å². The van der Waals surface area contributed by atoms with Gasteiger partial charge in [0.2, 0.25) is 11.8 Å². The van der Waals surface area contributed by atoms with Crippen LogP contribution in [0.15, 0.2) is 0 Å². The smallest absolute Gasteiger partial charge is 0.245 e. The van der Waals surface area contributed by atoms with Gasteiger partial charge in [-0.15, -0.1) is 0 Å². The number of amides is 2. The third-order valence-corrected chi connectivity index (χ3v) is 2.80. The van der Waals surface area contributed by atoms with Crippen LogP contribution in [0.3, 0.4) is 0 Å². The van der Waals surface area contributed by atoms with Crippen LogP contribution in [0.25, 0.3) is 0 Å². The predicted molar refractivity (Wildman–Crippen MR) is 53.9 cm³/mol. The van der Waals surface area contributed by atoms with E-state index in [9.17, 15) is 14.0 Å². The van der Waals surface area contributed by atoms with Crippen LogP contribution in [0.1, 0.15) is 20.3 Å². The highest BCUT2D eigenvalue weighted by Crippen LogP contribution is 2.13. The van der Waals surface area contributed by atoms with Crippen molar-refractivity contribution in [3.05, 3.63) is 0 Å². The molecule has 1 saturated heterocycles. The van der Waals surface area contributed by atoms with E-state index in [0.717, 1.165) is 6.42 Å². The van der Waals surface area contributed by atoms with Crippen LogP contribution >= 0.6 is 0 Å². The summed E-state index contributed by atoms with van der Waals surface area (Å²) in [6.45, 7) is 3.25. The molecule has 4 nitrogen and oxygen atoms in total. The lowest BCUT2D eigenvalue weighted by atomic mass is 9.96. The van der Waals surface area contributed by atoms with Crippen molar-refractivity contribution in [1.82, 2.24) is 10.2 Å². The fourth-order valence-electron chi connectivity index (χ4n) is 1.64. The summed E-state index contributed by atoms with van der Waals surface area (Å²) >= 11 is 0. The third-order valence-electron chi connectivity index (χ3n) is 2.80. The minimum atomic E-state index is -0.605. The molecule has 2 amide bonds. The average molecular weight is 216 g/mol. The topological polar surface area (TPSA) is 49.4 Å². The molecule has 1 heterocycles. The number of nitrogens with one attached hydrogen (secondary N) is 1. The van der Waals surface area contributed by atoms with Gasteiger partial charge in [-0.3, -0.25) is 9.59 Å². The molecule has 2 atom stereocenters. The van der Waals surface area contributed by atoms with Crippen LogP contribution in [0, 0.1) is 5.92 Å². The van der Waals surface area contributed by atoms with Crippen LogP contribution in [0.5, 0.6) is 0 Å². The molecule has 0 spiro atoms. The lowest BCUT2D eigenvalue weighted by molar-refractivity contribution is -0.145. The Morgan fingerprint density at radius 1 is 1.60 bits per heavy atom. The Labute approximate surface area is 88.8 Å². The van der Waals surface area contributed by atoms with Gasteiger partial charge in [0.05, 0.1) is 6.54 Å². The Balaban J connectivity index is 2.71. The minimum absolute atomic E-state index is 0.0131. The van der Waals surface area contributed by atoms with Crippen molar-refractivity contribution in [1.29, 1.82) is 0 Å². The van der Waals surface area contributed by atoms with E-state index in [1.165, 1.54) is 4.90 Å². The standard InChI is InChI=1S/C10H17FN2O2/c1-3-7(2)9-10(15)13(5-4-11)6-8(14)12-9/h7,9H,3-6H2,1-2H3,(H,12,14). The van der Waals surface area contributed by atoms with Gasteiger partial charge in [-0.2, -0.15) is 0 Å². The van der Waals surface area contributed by atoms with Crippen molar-refractivity contribution in [2.75, 3.05) is 19.8 Å². The van der Waals surface area contributed by atoms with Crippen molar-refractivity contribution in [3.63, 3.8) is 0 Å². The van der Waals surface area contributed by atoms with Crippen molar-refractivity contribution in [3.8, 4) is 0 Å². The van der Waals surface area contributed by atoms with E-state index in [1.54, 1.807) is 0 Å². The number of carbonyl (C=O) groups is 2. The lowest BCUT2D eigenvalue weighted by Gasteiger charge is -2.34. The van der Waals surface area contributed by atoms with E-state index in [4.69, 9.17) is 0 Å². The Morgan fingerprint density at radius 3 is 2.80 bits per heavy atom. The molecule has 0 saturated carbocycles. The maximum Gasteiger partial charge on any atom is 0.245 e. The quantitative estimate of drug-likeness (QED) is 0.736. The molecule has 0 radical (unpaired) electrons. The number of alkyl halides is 1. The fraction of sp³-hybridized carbons (Fsp3) is 0.800. The number of hydrogen-bond acceptors (Lipinski definition) is 2. The Morgan fingerprint density at radius 2 is 2.27 bits per heavy atom. The van der Waals surface area contributed by atoms with Crippen molar-refractivity contribution in [2.24, 2.45) is 5.92 Å². The molecule has 2 unspecified atom stereocenters. The highest BCUT2D eigenvalue weighted by Gasteiger charge is 2.34. The molecule has 0 aromatic rings. The van der Waals surface area contributed by atoms with Gasteiger partial charge in [-0.1, -0.05) is 20.3 Å². The molecule has 1 rings (SSSR count). The Kier molecular flexibility index (Phi) is 4.05. The monoisotopic (exact) mass is 216 g/mol. The second kappa shape index (κ2) is 5.09. The third kappa shape index (κ3) is 2.67. The van der Waals surface area contributed by atoms with E-state index in [2.05, 4.69) is 5.32 Å². The highest BCUT2D eigenvalue weighted by molar-refractivity contribution is 5.95. The van der Waals surface area contributed by atoms with Crippen molar-refractivity contribution < 1.29 is 14.0 Å². The molecule has 86 valence electrons. The number of hydrogen-bond donors (Lipinski definition) is 1. The molecule has 1 aliphatic heterocycles. The molecule has 1 aliphatic rings. The predicted octanol–water partition coefficient (Wildman–Crippen LogP) is 0.329. The molecule has 5 heteroatoms. The largest absolute Gasteiger partial charge is 0.342 e. The van der Waals surface area contributed by atoms with E-state index >= 15 is 0 Å². The zero-order chi connectivity index (χ0) is 11.4. The van der Waals surface area contributed by atoms with E-state index in [-0.39, 0.29) is 30.8 Å². The highest BCUT2D eigenvalue weighted by atomic mass is 19.1. The minimum Gasteiger partial charge on any atom is -0.342 e.